The summed E-state index contributed by atoms with van der Waals surface area (Å²) in [6, 6.07) is 13.4. The van der Waals surface area contributed by atoms with E-state index in [-0.39, 0.29) is 17.3 Å². The number of rotatable bonds is 8. The Morgan fingerprint density at radius 1 is 1.11 bits per heavy atom. The number of carbonyl (C=O) groups excluding carboxylic acids is 1. The second-order valence-corrected chi connectivity index (χ2v) is 8.09. The van der Waals surface area contributed by atoms with Crippen molar-refractivity contribution in [3.05, 3.63) is 53.6 Å². The molecule has 0 spiro atoms. The Balaban J connectivity index is 2.09. The van der Waals surface area contributed by atoms with Gasteiger partial charge >= 0.3 is 0 Å². The van der Waals surface area contributed by atoms with Gasteiger partial charge in [-0.05, 0) is 48.9 Å². The van der Waals surface area contributed by atoms with Crippen LogP contribution in [0.5, 0.6) is 0 Å². The molecule has 7 nitrogen and oxygen atoms in total. The van der Waals surface area contributed by atoms with Gasteiger partial charge in [0.05, 0.1) is 23.1 Å². The number of hydrogen-bond donors (Lipinski definition) is 2. The van der Waals surface area contributed by atoms with Gasteiger partial charge in [-0.3, -0.25) is 4.79 Å². The highest BCUT2D eigenvalue weighted by Crippen LogP contribution is 2.23. The zero-order valence-electron chi connectivity index (χ0n) is 16.2. The van der Waals surface area contributed by atoms with E-state index in [1.54, 1.807) is 56.3 Å². The van der Waals surface area contributed by atoms with Gasteiger partial charge in [-0.1, -0.05) is 19.9 Å². The summed E-state index contributed by atoms with van der Waals surface area (Å²) in [4.78, 5) is 12.4. The monoisotopic (exact) mass is 400 g/mol. The predicted molar refractivity (Wildman–Crippen MR) is 110 cm³/mol. The molecule has 0 aliphatic heterocycles. The first-order valence-corrected chi connectivity index (χ1v) is 10.4. The van der Waals surface area contributed by atoms with Crippen molar-refractivity contribution >= 4 is 27.3 Å². The molecule has 2 aromatic carbocycles. The number of amides is 1. The van der Waals surface area contributed by atoms with Crippen LogP contribution >= 0.6 is 0 Å². The maximum absolute atomic E-state index is 12.7. The van der Waals surface area contributed by atoms with Gasteiger partial charge in [0.15, 0.2) is 0 Å². The second kappa shape index (κ2) is 9.35. The fourth-order valence-electron chi connectivity index (χ4n) is 2.67. The minimum absolute atomic E-state index is 0.0182. The van der Waals surface area contributed by atoms with Crippen molar-refractivity contribution in [2.45, 2.75) is 25.7 Å². The Bertz CT molecular complexity index is 976. The molecule has 2 N–H and O–H groups in total. The van der Waals surface area contributed by atoms with Crippen molar-refractivity contribution in [1.29, 1.82) is 5.26 Å². The molecule has 8 heteroatoms. The second-order valence-electron chi connectivity index (χ2n) is 6.16. The first-order chi connectivity index (χ1) is 13.3. The van der Waals surface area contributed by atoms with Crippen molar-refractivity contribution in [1.82, 2.24) is 4.31 Å². The average molecular weight is 401 g/mol. The van der Waals surface area contributed by atoms with Crippen molar-refractivity contribution in [3.8, 4) is 6.07 Å². The largest absolute Gasteiger partial charge is 0.376 e. The molecule has 0 unspecified atom stereocenters. The van der Waals surface area contributed by atoms with E-state index in [4.69, 9.17) is 5.26 Å². The van der Waals surface area contributed by atoms with E-state index in [2.05, 4.69) is 10.6 Å². The SMILES string of the molecule is CCN(CC)S(=O)(=O)c1ccc(C)c(NCC(=O)Nc2ccc(C#N)cc2)c1. The van der Waals surface area contributed by atoms with Crippen molar-refractivity contribution < 1.29 is 13.2 Å². The van der Waals surface area contributed by atoms with Gasteiger partial charge in [-0.25, -0.2) is 8.42 Å². The maximum atomic E-state index is 12.7. The molecule has 0 bridgehead atoms. The minimum atomic E-state index is -3.57. The van der Waals surface area contributed by atoms with E-state index < -0.39 is 10.0 Å². The summed E-state index contributed by atoms with van der Waals surface area (Å²) in [5.41, 5.74) is 2.52. The smallest absolute Gasteiger partial charge is 0.243 e. The van der Waals surface area contributed by atoms with Crippen LogP contribution in [0.3, 0.4) is 0 Å². The predicted octanol–water partition coefficient (Wildman–Crippen LogP) is 2.95. The first-order valence-electron chi connectivity index (χ1n) is 8.96. The van der Waals surface area contributed by atoms with E-state index in [9.17, 15) is 13.2 Å². The number of nitrogens with zero attached hydrogens (tertiary/aromatic N) is 2. The molecule has 28 heavy (non-hydrogen) atoms. The summed E-state index contributed by atoms with van der Waals surface area (Å²) in [6.45, 7) is 6.19. The van der Waals surface area contributed by atoms with Gasteiger partial charge in [0.2, 0.25) is 15.9 Å². The van der Waals surface area contributed by atoms with E-state index in [1.165, 1.54) is 4.31 Å². The lowest BCUT2D eigenvalue weighted by Gasteiger charge is -2.19. The van der Waals surface area contributed by atoms with Gasteiger partial charge in [0, 0.05) is 24.5 Å². The van der Waals surface area contributed by atoms with Gasteiger partial charge in [0.1, 0.15) is 0 Å². The van der Waals surface area contributed by atoms with Crippen molar-refractivity contribution in [2.24, 2.45) is 0 Å². The molecule has 0 saturated carbocycles. The zero-order valence-corrected chi connectivity index (χ0v) is 17.0. The molecule has 2 aromatic rings. The molecular formula is C20H24N4O3S. The summed E-state index contributed by atoms with van der Waals surface area (Å²) < 4.78 is 26.8. The van der Waals surface area contributed by atoms with Crippen LogP contribution in [0, 0.1) is 18.3 Å². The number of carbonyl (C=O) groups is 1. The van der Waals surface area contributed by atoms with E-state index in [0.717, 1.165) is 5.56 Å². The summed E-state index contributed by atoms with van der Waals surface area (Å²) in [7, 11) is -3.57. The number of aryl methyl sites for hydroxylation is 1. The summed E-state index contributed by atoms with van der Waals surface area (Å²) in [6.07, 6.45) is 0. The van der Waals surface area contributed by atoms with Gasteiger partial charge in [-0.15, -0.1) is 0 Å². The van der Waals surface area contributed by atoms with Crippen LogP contribution < -0.4 is 10.6 Å². The van der Waals surface area contributed by atoms with E-state index in [0.29, 0.717) is 30.0 Å². The Morgan fingerprint density at radius 3 is 2.32 bits per heavy atom. The minimum Gasteiger partial charge on any atom is -0.376 e. The highest BCUT2D eigenvalue weighted by Gasteiger charge is 2.22. The van der Waals surface area contributed by atoms with E-state index >= 15 is 0 Å². The molecule has 0 heterocycles. The van der Waals surface area contributed by atoms with Crippen LogP contribution in [0.4, 0.5) is 11.4 Å². The molecule has 0 atom stereocenters. The lowest BCUT2D eigenvalue weighted by atomic mass is 10.2. The third-order valence-electron chi connectivity index (χ3n) is 4.29. The number of nitriles is 1. The fraction of sp³-hybridized carbons (Fsp3) is 0.300. The molecule has 0 fully saturated rings. The highest BCUT2D eigenvalue weighted by atomic mass is 32.2. The van der Waals surface area contributed by atoms with Crippen LogP contribution in [0.2, 0.25) is 0 Å². The van der Waals surface area contributed by atoms with Crippen LogP contribution in [0.25, 0.3) is 0 Å². The molecule has 0 aromatic heterocycles. The average Bonchev–Trinajstić information content (AvgIpc) is 2.68. The Kier molecular flexibility index (Phi) is 7.15. The Hall–Kier alpha value is -2.89. The fourth-order valence-corrected chi connectivity index (χ4v) is 4.16. The zero-order chi connectivity index (χ0) is 20.7. The molecule has 0 radical (unpaired) electrons. The first kappa shape index (κ1) is 21.4. The Morgan fingerprint density at radius 2 is 1.75 bits per heavy atom. The number of nitrogens with one attached hydrogen (secondary N) is 2. The molecule has 1 amide bonds. The van der Waals surface area contributed by atoms with Crippen molar-refractivity contribution in [2.75, 3.05) is 30.3 Å². The summed E-state index contributed by atoms with van der Waals surface area (Å²) >= 11 is 0. The molecule has 2 rings (SSSR count). The van der Waals surface area contributed by atoms with E-state index in [1.807, 2.05) is 13.0 Å². The third kappa shape index (κ3) is 5.09. The van der Waals surface area contributed by atoms with Gasteiger partial charge in [-0.2, -0.15) is 9.57 Å². The van der Waals surface area contributed by atoms with Crippen LogP contribution in [-0.4, -0.2) is 38.3 Å². The molecular weight excluding hydrogens is 376 g/mol. The number of sulfonamides is 1. The molecule has 0 aliphatic carbocycles. The lowest BCUT2D eigenvalue weighted by Crippen LogP contribution is -2.30. The van der Waals surface area contributed by atoms with Crippen molar-refractivity contribution in [3.63, 3.8) is 0 Å². The maximum Gasteiger partial charge on any atom is 0.243 e. The number of hydrogen-bond acceptors (Lipinski definition) is 5. The van der Waals surface area contributed by atoms with Crippen LogP contribution in [0.1, 0.15) is 25.0 Å². The van der Waals surface area contributed by atoms with Gasteiger partial charge in [0.25, 0.3) is 0 Å². The van der Waals surface area contributed by atoms with Crippen LogP contribution in [0.15, 0.2) is 47.4 Å². The topological polar surface area (TPSA) is 102 Å². The summed E-state index contributed by atoms with van der Waals surface area (Å²) in [5.74, 6) is -0.277. The highest BCUT2D eigenvalue weighted by molar-refractivity contribution is 7.89. The van der Waals surface area contributed by atoms with Gasteiger partial charge < -0.3 is 10.6 Å². The quantitative estimate of drug-likeness (QED) is 0.709. The number of anilines is 2. The number of benzene rings is 2. The Labute approximate surface area is 166 Å². The standard InChI is InChI=1S/C20H24N4O3S/c1-4-24(5-2)28(26,27)18-11-6-15(3)19(12-18)22-14-20(25)23-17-9-7-16(13-21)8-10-17/h6-12,22H,4-5,14H2,1-3H3,(H,23,25). The lowest BCUT2D eigenvalue weighted by molar-refractivity contribution is -0.114. The third-order valence-corrected chi connectivity index (χ3v) is 6.34. The molecule has 0 aliphatic rings. The van der Waals surface area contributed by atoms with Crippen LogP contribution in [-0.2, 0) is 14.8 Å². The normalized spacial score (nSPS) is 11.1. The molecule has 0 saturated heterocycles. The molecule has 148 valence electrons. The summed E-state index contributed by atoms with van der Waals surface area (Å²) in [5, 5.41) is 14.5.